The van der Waals surface area contributed by atoms with Gasteiger partial charge in [-0.1, -0.05) is 29.8 Å². The molecule has 1 heterocycles. The Morgan fingerprint density at radius 3 is 2.47 bits per heavy atom. The highest BCUT2D eigenvalue weighted by molar-refractivity contribution is 7.92. The summed E-state index contributed by atoms with van der Waals surface area (Å²) in [6.45, 7) is 1.56. The molecule has 0 fully saturated rings. The Morgan fingerprint density at radius 2 is 1.90 bits per heavy atom. The van der Waals surface area contributed by atoms with Crippen molar-refractivity contribution in [2.75, 3.05) is 24.2 Å². The molecule has 8 nitrogen and oxygen atoms in total. The Balaban J connectivity index is 1.76. The molecule has 0 saturated heterocycles. The van der Waals surface area contributed by atoms with Crippen LogP contribution in [0.1, 0.15) is 18.5 Å². The molecule has 0 unspecified atom stereocenters. The summed E-state index contributed by atoms with van der Waals surface area (Å²) < 4.78 is 27.3. The summed E-state index contributed by atoms with van der Waals surface area (Å²) >= 11 is 5.99. The quantitative estimate of drug-likeness (QED) is 0.555. The number of aromatic nitrogens is 3. The van der Waals surface area contributed by atoms with Crippen LogP contribution in [-0.2, 0) is 14.8 Å². The lowest BCUT2D eigenvalue weighted by molar-refractivity contribution is -0.130. The highest BCUT2D eigenvalue weighted by Crippen LogP contribution is 2.24. The van der Waals surface area contributed by atoms with Crippen LogP contribution in [0.5, 0.6) is 0 Å². The fourth-order valence-corrected chi connectivity index (χ4v) is 3.98. The average molecular weight is 448 g/mol. The van der Waals surface area contributed by atoms with Crippen molar-refractivity contribution in [2.24, 2.45) is 0 Å². The number of sulfonamides is 1. The van der Waals surface area contributed by atoms with E-state index < -0.39 is 10.0 Å². The summed E-state index contributed by atoms with van der Waals surface area (Å²) in [5.41, 5.74) is 2.10. The van der Waals surface area contributed by atoms with Gasteiger partial charge in [-0.15, -0.1) is 0 Å². The highest BCUT2D eigenvalue weighted by atomic mass is 35.5. The summed E-state index contributed by atoms with van der Waals surface area (Å²) in [5.74, 6) is -0.340. The van der Waals surface area contributed by atoms with Crippen LogP contribution in [0, 0.1) is 0 Å². The van der Waals surface area contributed by atoms with Gasteiger partial charge in [0.15, 0.2) is 0 Å². The van der Waals surface area contributed by atoms with Crippen molar-refractivity contribution in [2.45, 2.75) is 13.0 Å². The SMILES string of the molecule is C[C@@H](c1ccc(-n2cncn2)cc1)N(C)C(=O)CN(c1cccc(Cl)c1)S(C)(=O)=O. The van der Waals surface area contributed by atoms with E-state index in [9.17, 15) is 13.2 Å². The van der Waals surface area contributed by atoms with Gasteiger partial charge < -0.3 is 4.90 Å². The molecule has 0 aliphatic rings. The number of carbonyl (C=O) groups is 1. The van der Waals surface area contributed by atoms with Crippen LogP contribution in [0.15, 0.2) is 61.2 Å². The second-order valence-corrected chi connectivity index (χ2v) is 9.20. The molecule has 0 aliphatic heterocycles. The van der Waals surface area contributed by atoms with E-state index in [1.54, 1.807) is 36.3 Å². The number of hydrogen-bond acceptors (Lipinski definition) is 5. The Bertz CT molecular complexity index is 1120. The van der Waals surface area contributed by atoms with Crippen molar-refractivity contribution >= 4 is 33.2 Å². The van der Waals surface area contributed by atoms with Crippen molar-refractivity contribution in [3.63, 3.8) is 0 Å². The zero-order valence-corrected chi connectivity index (χ0v) is 18.4. The average Bonchev–Trinajstić information content (AvgIpc) is 3.25. The van der Waals surface area contributed by atoms with Crippen LogP contribution in [0.2, 0.25) is 5.02 Å². The maximum Gasteiger partial charge on any atom is 0.243 e. The molecule has 10 heteroatoms. The first-order valence-electron chi connectivity index (χ1n) is 9.10. The molecule has 2 aromatic carbocycles. The van der Waals surface area contributed by atoms with Crippen molar-refractivity contribution in [3.05, 3.63) is 71.8 Å². The molecule has 0 N–H and O–H groups in total. The van der Waals surface area contributed by atoms with Crippen molar-refractivity contribution in [3.8, 4) is 5.69 Å². The molecule has 0 aliphatic carbocycles. The molecule has 158 valence electrons. The van der Waals surface area contributed by atoms with Crippen molar-refractivity contribution in [1.29, 1.82) is 0 Å². The molecular weight excluding hydrogens is 426 g/mol. The molecular formula is C20H22ClN5O3S. The van der Waals surface area contributed by atoms with Crippen LogP contribution in [0.4, 0.5) is 5.69 Å². The van der Waals surface area contributed by atoms with E-state index in [1.165, 1.54) is 17.3 Å². The molecule has 30 heavy (non-hydrogen) atoms. The molecule has 0 spiro atoms. The van der Waals surface area contributed by atoms with Gasteiger partial charge in [0.1, 0.15) is 19.2 Å². The van der Waals surface area contributed by atoms with Gasteiger partial charge >= 0.3 is 0 Å². The number of amides is 1. The molecule has 1 atom stereocenters. The van der Waals surface area contributed by atoms with Gasteiger partial charge in [-0.05, 0) is 42.8 Å². The number of benzene rings is 2. The van der Waals surface area contributed by atoms with Crippen LogP contribution < -0.4 is 4.31 Å². The van der Waals surface area contributed by atoms with Crippen LogP contribution >= 0.6 is 11.6 Å². The van der Waals surface area contributed by atoms with E-state index in [4.69, 9.17) is 11.6 Å². The third-order valence-electron chi connectivity index (χ3n) is 4.81. The van der Waals surface area contributed by atoms with Gasteiger partial charge in [-0.3, -0.25) is 9.10 Å². The zero-order valence-electron chi connectivity index (χ0n) is 16.8. The Hall–Kier alpha value is -2.91. The van der Waals surface area contributed by atoms with Gasteiger partial charge in [-0.25, -0.2) is 18.1 Å². The fraction of sp³-hybridized carbons (Fsp3) is 0.250. The monoisotopic (exact) mass is 447 g/mol. The van der Waals surface area contributed by atoms with Gasteiger partial charge in [0.2, 0.25) is 15.9 Å². The zero-order chi connectivity index (χ0) is 21.9. The van der Waals surface area contributed by atoms with E-state index >= 15 is 0 Å². The Morgan fingerprint density at radius 1 is 1.20 bits per heavy atom. The number of nitrogens with zero attached hydrogens (tertiary/aromatic N) is 5. The van der Waals surface area contributed by atoms with E-state index in [0.29, 0.717) is 10.7 Å². The van der Waals surface area contributed by atoms with Gasteiger partial charge in [0, 0.05) is 12.1 Å². The normalized spacial score (nSPS) is 12.4. The lowest BCUT2D eigenvalue weighted by atomic mass is 10.1. The number of anilines is 1. The lowest BCUT2D eigenvalue weighted by Gasteiger charge is -2.29. The van der Waals surface area contributed by atoms with Crippen LogP contribution in [0.3, 0.4) is 0 Å². The summed E-state index contributed by atoms with van der Waals surface area (Å²) in [4.78, 5) is 18.3. The summed E-state index contributed by atoms with van der Waals surface area (Å²) in [5, 5.41) is 4.48. The molecule has 3 aromatic rings. The molecule has 0 bridgehead atoms. The van der Waals surface area contributed by atoms with E-state index in [2.05, 4.69) is 10.1 Å². The summed E-state index contributed by atoms with van der Waals surface area (Å²) in [6, 6.07) is 13.7. The minimum absolute atomic E-state index is 0.261. The molecule has 0 saturated carbocycles. The topological polar surface area (TPSA) is 88.4 Å². The first kappa shape index (κ1) is 21.8. The molecule has 1 aromatic heterocycles. The minimum atomic E-state index is -3.67. The smallest absolute Gasteiger partial charge is 0.243 e. The largest absolute Gasteiger partial charge is 0.337 e. The predicted molar refractivity (Wildman–Crippen MR) is 116 cm³/mol. The number of likely N-dealkylation sites (N-methyl/N-ethyl adjacent to an activating group) is 1. The van der Waals surface area contributed by atoms with Crippen LogP contribution in [0.25, 0.3) is 5.69 Å². The molecule has 1 amide bonds. The maximum atomic E-state index is 12.9. The van der Waals surface area contributed by atoms with Crippen molar-refractivity contribution < 1.29 is 13.2 Å². The summed E-state index contributed by atoms with van der Waals surface area (Å²) in [7, 11) is -2.02. The van der Waals surface area contributed by atoms with Crippen molar-refractivity contribution in [1.82, 2.24) is 19.7 Å². The first-order chi connectivity index (χ1) is 14.2. The molecule has 3 rings (SSSR count). The minimum Gasteiger partial charge on any atom is -0.337 e. The second-order valence-electron chi connectivity index (χ2n) is 6.86. The van der Waals surface area contributed by atoms with E-state index in [1.807, 2.05) is 31.2 Å². The van der Waals surface area contributed by atoms with Gasteiger partial charge in [0.25, 0.3) is 0 Å². The molecule has 0 radical (unpaired) electrons. The first-order valence-corrected chi connectivity index (χ1v) is 11.3. The number of carbonyl (C=O) groups excluding carboxylic acids is 1. The standard InChI is InChI=1S/C20H22ClN5O3S/c1-15(16-7-9-18(10-8-16)25-14-22-13-23-25)24(2)20(27)12-26(30(3,28)29)19-6-4-5-17(21)11-19/h4-11,13-15H,12H2,1-3H3/t15-/m0/s1. The van der Waals surface area contributed by atoms with E-state index in [-0.39, 0.29) is 18.5 Å². The van der Waals surface area contributed by atoms with Crippen LogP contribution in [-0.4, -0.2) is 53.8 Å². The Kier molecular flexibility index (Phi) is 6.42. The number of rotatable bonds is 7. The fourth-order valence-electron chi connectivity index (χ4n) is 2.95. The second kappa shape index (κ2) is 8.85. The number of hydrogen-bond donors (Lipinski definition) is 0. The lowest BCUT2D eigenvalue weighted by Crippen LogP contribution is -2.42. The highest BCUT2D eigenvalue weighted by Gasteiger charge is 2.25. The van der Waals surface area contributed by atoms with E-state index in [0.717, 1.165) is 21.8 Å². The third kappa shape index (κ3) is 4.98. The predicted octanol–water partition coefficient (Wildman–Crippen LogP) is 2.91. The van der Waals surface area contributed by atoms with Gasteiger partial charge in [0.05, 0.1) is 23.7 Å². The maximum absolute atomic E-state index is 12.9. The third-order valence-corrected chi connectivity index (χ3v) is 6.18. The Labute approximate surface area is 180 Å². The van der Waals surface area contributed by atoms with Gasteiger partial charge in [-0.2, -0.15) is 5.10 Å². The number of halogens is 1. The summed E-state index contributed by atoms with van der Waals surface area (Å²) in [6.07, 6.45) is 4.12.